The maximum Gasteiger partial charge on any atom is 0.407 e. The monoisotopic (exact) mass is 587 g/mol. The number of rotatable bonds is 12. The normalized spacial score (nSPS) is 17.2. The summed E-state index contributed by atoms with van der Waals surface area (Å²) in [7, 11) is 0. The number of ketones is 1. The fourth-order valence-electron chi connectivity index (χ4n) is 4.98. The Morgan fingerprint density at radius 3 is 2.29 bits per heavy atom. The molecule has 1 amide bonds. The van der Waals surface area contributed by atoms with Crippen molar-refractivity contribution < 1.29 is 36.6 Å². The summed E-state index contributed by atoms with van der Waals surface area (Å²) in [5.41, 5.74) is 2.95. The summed E-state index contributed by atoms with van der Waals surface area (Å²) in [5.74, 6) is -0.688. The minimum Gasteiger partial charge on any atom is -0.447 e. The van der Waals surface area contributed by atoms with E-state index >= 15 is 0 Å². The topological polar surface area (TPSA) is 89.5 Å². The van der Waals surface area contributed by atoms with E-state index in [0.29, 0.717) is 30.6 Å². The van der Waals surface area contributed by atoms with Crippen LogP contribution in [0.4, 0.5) is 22.4 Å². The molecule has 0 aliphatic carbocycles. The second kappa shape index (κ2) is 14.9. The SMILES string of the molecule is O=C(Cc1cncc(F)c1CC[C@@H]1CNC[C@@H](COC(=O)NCC(F)(F)F)O1)CC(c1ccccc1)c1ccccc1. The number of carbonyl (C=O) groups is 2. The van der Waals surface area contributed by atoms with E-state index in [2.05, 4.69) is 10.3 Å². The van der Waals surface area contributed by atoms with Gasteiger partial charge in [-0.25, -0.2) is 9.18 Å². The highest BCUT2D eigenvalue weighted by Gasteiger charge is 2.29. The van der Waals surface area contributed by atoms with E-state index in [9.17, 15) is 27.2 Å². The summed E-state index contributed by atoms with van der Waals surface area (Å²) < 4.78 is 62.4. The number of halogens is 4. The first-order valence-electron chi connectivity index (χ1n) is 13.7. The second-order valence-electron chi connectivity index (χ2n) is 10.2. The van der Waals surface area contributed by atoms with E-state index in [4.69, 9.17) is 9.47 Å². The molecule has 42 heavy (non-hydrogen) atoms. The van der Waals surface area contributed by atoms with Gasteiger partial charge in [-0.2, -0.15) is 13.2 Å². The lowest BCUT2D eigenvalue weighted by Gasteiger charge is -2.30. The van der Waals surface area contributed by atoms with Crippen LogP contribution in [0.5, 0.6) is 0 Å². The van der Waals surface area contributed by atoms with Crippen LogP contribution in [0, 0.1) is 5.82 Å². The lowest BCUT2D eigenvalue weighted by Crippen LogP contribution is -2.47. The van der Waals surface area contributed by atoms with Crippen molar-refractivity contribution >= 4 is 11.9 Å². The standard InChI is InChI=1S/C31H33F4N3O4/c32-29-18-36-15-23(13-24(39)14-28(21-7-3-1-4-8-21)22-9-5-2-6-10-22)27(29)12-11-25-16-37-17-26(42-25)19-41-30(40)38-20-31(33,34)35/h1-10,15,18,25-26,28,37H,11-14,16-17,19-20H2,(H,38,40)/t25-,26+/m1/s1. The molecule has 0 spiro atoms. The Morgan fingerprint density at radius 2 is 1.64 bits per heavy atom. The molecule has 7 nitrogen and oxygen atoms in total. The summed E-state index contributed by atoms with van der Waals surface area (Å²) in [6, 6.07) is 19.6. The molecule has 0 saturated carbocycles. The van der Waals surface area contributed by atoms with Crippen LogP contribution in [0.1, 0.15) is 41.0 Å². The van der Waals surface area contributed by atoms with Crippen LogP contribution in [-0.2, 0) is 27.1 Å². The van der Waals surface area contributed by atoms with Crippen LogP contribution in [0.3, 0.4) is 0 Å². The van der Waals surface area contributed by atoms with Crippen molar-refractivity contribution in [2.45, 2.75) is 50.0 Å². The molecular formula is C31H33F4N3O4. The molecule has 1 aliphatic rings. The van der Waals surface area contributed by atoms with Gasteiger partial charge in [-0.05, 0) is 35.1 Å². The molecule has 2 heterocycles. The van der Waals surface area contributed by atoms with Crippen molar-refractivity contribution in [1.82, 2.24) is 15.6 Å². The van der Waals surface area contributed by atoms with Gasteiger partial charge in [-0.3, -0.25) is 9.78 Å². The van der Waals surface area contributed by atoms with E-state index in [-0.39, 0.29) is 43.7 Å². The summed E-state index contributed by atoms with van der Waals surface area (Å²) >= 11 is 0. The Balaban J connectivity index is 1.34. The molecule has 1 aliphatic heterocycles. The Kier molecular flexibility index (Phi) is 11.0. The molecule has 0 unspecified atom stereocenters. The van der Waals surface area contributed by atoms with Crippen LogP contribution in [0.25, 0.3) is 0 Å². The summed E-state index contributed by atoms with van der Waals surface area (Å²) in [5, 5.41) is 4.78. The predicted molar refractivity (Wildman–Crippen MR) is 148 cm³/mol. The van der Waals surface area contributed by atoms with Gasteiger partial charge in [-0.15, -0.1) is 0 Å². The van der Waals surface area contributed by atoms with Crippen molar-refractivity contribution in [1.29, 1.82) is 0 Å². The fourth-order valence-corrected chi connectivity index (χ4v) is 4.98. The molecule has 2 atom stereocenters. The highest BCUT2D eigenvalue weighted by molar-refractivity contribution is 5.82. The van der Waals surface area contributed by atoms with Crippen LogP contribution in [0.15, 0.2) is 73.1 Å². The predicted octanol–water partition coefficient (Wildman–Crippen LogP) is 5.13. The van der Waals surface area contributed by atoms with Gasteiger partial charge in [0, 0.05) is 38.0 Å². The van der Waals surface area contributed by atoms with Crippen molar-refractivity contribution in [3.05, 3.63) is 101 Å². The Hall–Kier alpha value is -3.83. The minimum absolute atomic E-state index is 0.0313. The van der Waals surface area contributed by atoms with Crippen LogP contribution in [0.2, 0.25) is 0 Å². The van der Waals surface area contributed by atoms with Gasteiger partial charge in [0.15, 0.2) is 0 Å². The van der Waals surface area contributed by atoms with E-state index in [1.165, 1.54) is 6.20 Å². The molecule has 2 aromatic carbocycles. The van der Waals surface area contributed by atoms with Crippen LogP contribution < -0.4 is 10.6 Å². The molecule has 1 fully saturated rings. The Morgan fingerprint density at radius 1 is 1.00 bits per heavy atom. The van der Waals surface area contributed by atoms with E-state index in [0.717, 1.165) is 17.3 Å². The molecule has 224 valence electrons. The third kappa shape index (κ3) is 9.63. The smallest absolute Gasteiger partial charge is 0.407 e. The largest absolute Gasteiger partial charge is 0.447 e. The lowest BCUT2D eigenvalue weighted by molar-refractivity contribution is -0.124. The number of pyridine rings is 1. The maximum absolute atomic E-state index is 14.9. The number of aromatic nitrogens is 1. The van der Waals surface area contributed by atoms with Crippen molar-refractivity contribution in [2.75, 3.05) is 26.2 Å². The quantitative estimate of drug-likeness (QED) is 0.286. The summed E-state index contributed by atoms with van der Waals surface area (Å²) in [6.07, 6.45) is -3.05. The molecule has 0 bridgehead atoms. The number of alkyl halides is 3. The highest BCUT2D eigenvalue weighted by Crippen LogP contribution is 2.29. The lowest BCUT2D eigenvalue weighted by atomic mass is 9.85. The number of nitrogens with one attached hydrogen (secondary N) is 2. The average molecular weight is 588 g/mol. The van der Waals surface area contributed by atoms with Crippen LogP contribution in [-0.4, -0.2) is 61.5 Å². The van der Waals surface area contributed by atoms with E-state index < -0.39 is 30.7 Å². The molecule has 2 N–H and O–H groups in total. The summed E-state index contributed by atoms with van der Waals surface area (Å²) in [6.45, 7) is -0.912. The number of nitrogens with zero attached hydrogens (tertiary/aromatic N) is 1. The zero-order valence-electron chi connectivity index (χ0n) is 22.9. The molecule has 11 heteroatoms. The number of carbonyl (C=O) groups excluding carboxylic acids is 2. The minimum atomic E-state index is -4.54. The molecular weight excluding hydrogens is 554 g/mol. The molecule has 0 radical (unpaired) electrons. The number of alkyl carbamates (subject to hydrolysis) is 1. The molecule has 1 saturated heterocycles. The number of morpholine rings is 1. The fraction of sp³-hybridized carbons (Fsp3) is 0.387. The van der Waals surface area contributed by atoms with Gasteiger partial charge in [0.2, 0.25) is 0 Å². The van der Waals surface area contributed by atoms with Gasteiger partial charge in [-0.1, -0.05) is 60.7 Å². The molecule has 1 aromatic heterocycles. The number of ether oxygens (including phenoxy) is 2. The van der Waals surface area contributed by atoms with Crippen molar-refractivity contribution in [3.8, 4) is 0 Å². The number of Topliss-reactive ketones (excluding diaryl/α,β-unsaturated/α-hetero) is 1. The summed E-state index contributed by atoms with van der Waals surface area (Å²) in [4.78, 5) is 28.8. The molecule has 3 aromatic rings. The number of hydrogen-bond donors (Lipinski definition) is 2. The molecule has 4 rings (SSSR count). The van der Waals surface area contributed by atoms with Gasteiger partial charge in [0.1, 0.15) is 30.9 Å². The van der Waals surface area contributed by atoms with Crippen molar-refractivity contribution in [2.24, 2.45) is 0 Å². The Bertz CT molecular complexity index is 1270. The van der Waals surface area contributed by atoms with Gasteiger partial charge in [0.05, 0.1) is 12.3 Å². The third-order valence-electron chi connectivity index (χ3n) is 7.00. The van der Waals surface area contributed by atoms with E-state index in [1.807, 2.05) is 60.7 Å². The number of hydrogen-bond acceptors (Lipinski definition) is 6. The second-order valence-corrected chi connectivity index (χ2v) is 10.2. The first-order valence-corrected chi connectivity index (χ1v) is 13.7. The number of benzene rings is 2. The zero-order valence-corrected chi connectivity index (χ0v) is 22.9. The first kappa shape index (κ1) is 31.1. The van der Waals surface area contributed by atoms with Gasteiger partial charge >= 0.3 is 12.3 Å². The van der Waals surface area contributed by atoms with Crippen molar-refractivity contribution in [3.63, 3.8) is 0 Å². The average Bonchev–Trinajstić information content (AvgIpc) is 2.98. The van der Waals surface area contributed by atoms with Gasteiger partial charge < -0.3 is 20.1 Å². The Labute approximate surface area is 241 Å². The zero-order chi connectivity index (χ0) is 30.0. The highest BCUT2D eigenvalue weighted by atomic mass is 19.4. The third-order valence-corrected chi connectivity index (χ3v) is 7.00. The number of amides is 1. The van der Waals surface area contributed by atoms with Crippen LogP contribution >= 0.6 is 0 Å². The van der Waals surface area contributed by atoms with E-state index in [1.54, 1.807) is 5.32 Å². The first-order chi connectivity index (χ1) is 20.2. The maximum atomic E-state index is 14.9. The van der Waals surface area contributed by atoms with Gasteiger partial charge in [0.25, 0.3) is 0 Å².